The minimum Gasteiger partial charge on any atom is -0.454 e. The summed E-state index contributed by atoms with van der Waals surface area (Å²) >= 11 is 1.42. The monoisotopic (exact) mass is 511 g/mol. The summed E-state index contributed by atoms with van der Waals surface area (Å²) in [5.41, 5.74) is 1.96. The number of nitrogens with zero attached hydrogens (tertiary/aromatic N) is 2. The largest absolute Gasteiger partial charge is 0.454 e. The van der Waals surface area contributed by atoms with Crippen LogP contribution >= 0.6 is 11.3 Å². The number of thiazole rings is 1. The van der Waals surface area contributed by atoms with Crippen LogP contribution in [0, 0.1) is 0 Å². The molecular formula is C29H41N3O3S. The van der Waals surface area contributed by atoms with Gasteiger partial charge in [-0.3, -0.25) is 4.79 Å². The Bertz CT molecular complexity index is 1040. The molecule has 3 aromatic rings. The summed E-state index contributed by atoms with van der Waals surface area (Å²) < 4.78 is 10.7. The van der Waals surface area contributed by atoms with Crippen LogP contribution in [-0.4, -0.2) is 42.7 Å². The second-order valence-electron chi connectivity index (χ2n) is 8.44. The molecule has 1 unspecified atom stereocenters. The van der Waals surface area contributed by atoms with Gasteiger partial charge in [0.1, 0.15) is 0 Å². The average molecular weight is 512 g/mol. The van der Waals surface area contributed by atoms with Crippen molar-refractivity contribution >= 4 is 22.4 Å². The number of hydrogen-bond donors (Lipinski definition) is 1. The number of fused-ring (bicyclic) bond motifs is 1. The molecule has 1 fully saturated rings. The highest BCUT2D eigenvalue weighted by atomic mass is 32.1. The van der Waals surface area contributed by atoms with Gasteiger partial charge in [-0.05, 0) is 63.5 Å². The van der Waals surface area contributed by atoms with Crippen molar-refractivity contribution in [2.75, 3.05) is 26.2 Å². The van der Waals surface area contributed by atoms with Crippen LogP contribution in [0.4, 0.5) is 5.13 Å². The molecule has 1 aliphatic heterocycles. The summed E-state index contributed by atoms with van der Waals surface area (Å²) in [7, 11) is 4.24. The Morgan fingerprint density at radius 3 is 2.31 bits per heavy atom. The third-order valence-corrected chi connectivity index (χ3v) is 6.71. The number of carbonyl (C=O) groups is 1. The van der Waals surface area contributed by atoms with E-state index < -0.39 is 5.41 Å². The maximum absolute atomic E-state index is 12.5. The Labute approximate surface area is 220 Å². The first-order valence-electron chi connectivity index (χ1n) is 12.8. The first-order chi connectivity index (χ1) is 17.5. The zero-order valence-corrected chi connectivity index (χ0v) is 23.5. The zero-order chi connectivity index (χ0) is 26.6. The van der Waals surface area contributed by atoms with Gasteiger partial charge >= 0.3 is 0 Å². The lowest BCUT2D eigenvalue weighted by atomic mass is 9.94. The van der Waals surface area contributed by atoms with E-state index in [1.165, 1.54) is 16.9 Å². The third kappa shape index (κ3) is 7.80. The van der Waals surface area contributed by atoms with Gasteiger partial charge in [-0.1, -0.05) is 64.1 Å². The minimum atomic E-state index is -0.438. The zero-order valence-electron chi connectivity index (χ0n) is 22.7. The van der Waals surface area contributed by atoms with Crippen molar-refractivity contribution < 1.29 is 14.3 Å². The van der Waals surface area contributed by atoms with Gasteiger partial charge in [0.2, 0.25) is 12.7 Å². The SMILES string of the molecule is CC.CC.CC(Cc1ccccc1)N(C)C.O=C(Nc1nccs1)C1(c2ccc3c(c2)OCO3)CC1. The summed E-state index contributed by atoms with van der Waals surface area (Å²) in [4.78, 5) is 18.8. The smallest absolute Gasteiger partial charge is 0.236 e. The highest BCUT2D eigenvalue weighted by Gasteiger charge is 2.51. The van der Waals surface area contributed by atoms with Gasteiger partial charge in [0.25, 0.3) is 0 Å². The molecule has 1 aromatic heterocycles. The second-order valence-corrected chi connectivity index (χ2v) is 9.34. The highest BCUT2D eigenvalue weighted by molar-refractivity contribution is 7.13. The molecule has 7 heteroatoms. The first kappa shape index (κ1) is 29.3. The van der Waals surface area contributed by atoms with E-state index in [0.717, 1.165) is 36.3 Å². The van der Waals surface area contributed by atoms with Crippen molar-refractivity contribution in [2.45, 2.75) is 65.3 Å². The summed E-state index contributed by atoms with van der Waals surface area (Å²) in [6, 6.07) is 17.0. The van der Waals surface area contributed by atoms with Gasteiger partial charge in [-0.25, -0.2) is 4.98 Å². The molecule has 5 rings (SSSR count). The van der Waals surface area contributed by atoms with Crippen LogP contribution in [0.1, 0.15) is 58.6 Å². The standard InChI is InChI=1S/C14H12N2O3S.C11H17N.2C2H6/c17-12(16-13-15-5-6-20-13)14(3-4-14)9-1-2-10-11(7-9)19-8-18-10;1-10(12(2)3)9-11-7-5-4-6-8-11;2*1-2/h1-2,5-7H,3-4,8H2,(H,15,16,17);4-8,10H,9H2,1-3H3;2*1-2H3. The van der Waals surface area contributed by atoms with Crippen LogP contribution < -0.4 is 14.8 Å². The van der Waals surface area contributed by atoms with E-state index in [4.69, 9.17) is 9.47 Å². The maximum atomic E-state index is 12.5. The number of carbonyl (C=O) groups excluding carboxylic acids is 1. The van der Waals surface area contributed by atoms with Gasteiger partial charge in [-0.15, -0.1) is 11.3 Å². The van der Waals surface area contributed by atoms with Crippen molar-refractivity contribution in [3.8, 4) is 11.5 Å². The number of benzene rings is 2. The van der Waals surface area contributed by atoms with E-state index in [1.807, 2.05) is 51.3 Å². The summed E-state index contributed by atoms with van der Waals surface area (Å²) in [6.07, 6.45) is 4.52. The lowest BCUT2D eigenvalue weighted by molar-refractivity contribution is -0.118. The van der Waals surface area contributed by atoms with Crippen LogP contribution in [0.15, 0.2) is 60.1 Å². The fourth-order valence-electron chi connectivity index (χ4n) is 3.61. The Balaban J connectivity index is 0.000000246. The predicted octanol–water partition coefficient (Wildman–Crippen LogP) is 6.77. The van der Waals surface area contributed by atoms with Crippen molar-refractivity contribution in [1.82, 2.24) is 9.88 Å². The van der Waals surface area contributed by atoms with Crippen LogP contribution in [-0.2, 0) is 16.6 Å². The molecule has 1 atom stereocenters. The number of anilines is 1. The third-order valence-electron chi connectivity index (χ3n) is 6.02. The molecule has 2 aliphatic rings. The molecule has 1 amide bonds. The maximum Gasteiger partial charge on any atom is 0.236 e. The first-order valence-corrected chi connectivity index (χ1v) is 13.7. The van der Waals surface area contributed by atoms with Crippen molar-refractivity contribution in [1.29, 1.82) is 0 Å². The average Bonchev–Trinajstić information content (AvgIpc) is 3.32. The van der Waals surface area contributed by atoms with Gasteiger partial charge in [0.15, 0.2) is 16.6 Å². The van der Waals surface area contributed by atoms with E-state index in [0.29, 0.717) is 11.2 Å². The minimum absolute atomic E-state index is 0.00585. The molecule has 6 nitrogen and oxygen atoms in total. The molecule has 0 bridgehead atoms. The molecule has 36 heavy (non-hydrogen) atoms. The van der Waals surface area contributed by atoms with Crippen LogP contribution in [0.3, 0.4) is 0 Å². The fourth-order valence-corrected chi connectivity index (χ4v) is 4.13. The second kappa shape index (κ2) is 14.6. The lowest BCUT2D eigenvalue weighted by Gasteiger charge is -2.19. The molecule has 0 spiro atoms. The summed E-state index contributed by atoms with van der Waals surface area (Å²) in [6.45, 7) is 10.5. The quantitative estimate of drug-likeness (QED) is 0.395. The van der Waals surface area contributed by atoms with Crippen molar-refractivity contribution in [2.24, 2.45) is 0 Å². The number of ether oxygens (including phenoxy) is 2. The molecular weight excluding hydrogens is 470 g/mol. The van der Waals surface area contributed by atoms with Gasteiger partial charge in [-0.2, -0.15) is 0 Å². The molecule has 2 heterocycles. The Morgan fingerprint density at radius 1 is 1.06 bits per heavy atom. The van der Waals surface area contributed by atoms with Crippen molar-refractivity contribution in [3.05, 3.63) is 71.2 Å². The Morgan fingerprint density at radius 2 is 1.72 bits per heavy atom. The number of aromatic nitrogens is 1. The number of hydrogen-bond acceptors (Lipinski definition) is 6. The van der Waals surface area contributed by atoms with E-state index in [1.54, 1.807) is 6.20 Å². The molecule has 196 valence electrons. The fraction of sp³-hybridized carbons (Fsp3) is 0.448. The van der Waals surface area contributed by atoms with E-state index in [-0.39, 0.29) is 12.7 Å². The normalized spacial score (nSPS) is 14.7. The van der Waals surface area contributed by atoms with E-state index >= 15 is 0 Å². The Hall–Kier alpha value is -2.90. The Kier molecular flexibility index (Phi) is 11.9. The van der Waals surface area contributed by atoms with Crippen LogP contribution in [0.5, 0.6) is 11.5 Å². The van der Waals surface area contributed by atoms with Crippen LogP contribution in [0.25, 0.3) is 0 Å². The molecule has 1 aliphatic carbocycles. The topological polar surface area (TPSA) is 63.7 Å². The molecule has 0 saturated heterocycles. The number of rotatable bonds is 6. The molecule has 1 saturated carbocycles. The molecule has 0 radical (unpaired) electrons. The predicted molar refractivity (Wildman–Crippen MR) is 150 cm³/mol. The number of nitrogens with one attached hydrogen (secondary N) is 1. The summed E-state index contributed by atoms with van der Waals surface area (Å²) in [5.74, 6) is 1.46. The van der Waals surface area contributed by atoms with Crippen LogP contribution in [0.2, 0.25) is 0 Å². The highest BCUT2D eigenvalue weighted by Crippen LogP contribution is 2.51. The van der Waals surface area contributed by atoms with Gasteiger partial charge < -0.3 is 19.7 Å². The lowest BCUT2D eigenvalue weighted by Crippen LogP contribution is -2.27. The van der Waals surface area contributed by atoms with Gasteiger partial charge in [0, 0.05) is 17.6 Å². The van der Waals surface area contributed by atoms with Crippen molar-refractivity contribution in [3.63, 3.8) is 0 Å². The molecule has 2 aromatic carbocycles. The number of likely N-dealkylation sites (N-methyl/N-ethyl adjacent to an activating group) is 1. The molecule has 1 N–H and O–H groups in total. The number of amides is 1. The summed E-state index contributed by atoms with van der Waals surface area (Å²) in [5, 5.41) is 5.37. The van der Waals surface area contributed by atoms with E-state index in [9.17, 15) is 4.79 Å². The van der Waals surface area contributed by atoms with E-state index in [2.05, 4.69) is 66.6 Å². The van der Waals surface area contributed by atoms with Gasteiger partial charge in [0.05, 0.1) is 5.41 Å².